The number of hydrogen-bond donors (Lipinski definition) is 2. The Kier molecular flexibility index (Phi) is 3.75. The van der Waals surface area contributed by atoms with Crippen LogP contribution in [0.15, 0.2) is 43.1 Å². The van der Waals surface area contributed by atoms with E-state index >= 15 is 0 Å². The number of nitrogen functional groups attached to an aromatic ring is 1. The van der Waals surface area contributed by atoms with Crippen molar-refractivity contribution in [2.24, 2.45) is 0 Å². The maximum Gasteiger partial charge on any atom is 0.142 e. The van der Waals surface area contributed by atoms with Crippen LogP contribution in [0, 0.1) is 0 Å². The van der Waals surface area contributed by atoms with Gasteiger partial charge in [0, 0.05) is 28.2 Å². The van der Waals surface area contributed by atoms with E-state index in [1.165, 1.54) is 0 Å². The number of aromatic nitrogens is 1. The van der Waals surface area contributed by atoms with Crippen LogP contribution < -0.4 is 11.1 Å². The van der Waals surface area contributed by atoms with E-state index in [1.54, 1.807) is 24.4 Å². The van der Waals surface area contributed by atoms with Gasteiger partial charge in [0.1, 0.15) is 5.82 Å². The molecule has 92 valence electrons. The van der Waals surface area contributed by atoms with Crippen LogP contribution in [0.5, 0.6) is 0 Å². The third-order valence-corrected chi connectivity index (χ3v) is 2.88. The highest BCUT2D eigenvalue weighted by molar-refractivity contribution is 6.33. The molecule has 0 saturated carbocycles. The number of nitrogens with zero attached hydrogens (tertiary/aromatic N) is 1. The Bertz CT molecular complexity index is 597. The van der Waals surface area contributed by atoms with E-state index in [1.807, 2.05) is 12.1 Å². The molecule has 0 fully saturated rings. The van der Waals surface area contributed by atoms with Crippen molar-refractivity contribution in [1.82, 2.24) is 4.98 Å². The maximum atomic E-state index is 5.91. The van der Waals surface area contributed by atoms with Crippen molar-refractivity contribution in [3.8, 4) is 0 Å². The summed E-state index contributed by atoms with van der Waals surface area (Å²) in [6.07, 6.45) is 1.61. The second-order valence-electron chi connectivity index (χ2n) is 3.70. The van der Waals surface area contributed by atoms with Gasteiger partial charge in [-0.1, -0.05) is 35.8 Å². The van der Waals surface area contributed by atoms with Gasteiger partial charge in [-0.2, -0.15) is 0 Å². The van der Waals surface area contributed by atoms with Crippen LogP contribution in [-0.2, 0) is 0 Å². The number of pyridine rings is 1. The van der Waals surface area contributed by atoms with Crippen LogP contribution in [-0.4, -0.2) is 4.98 Å². The zero-order valence-corrected chi connectivity index (χ0v) is 11.0. The van der Waals surface area contributed by atoms with Crippen molar-refractivity contribution in [2.75, 3.05) is 11.1 Å². The van der Waals surface area contributed by atoms with Gasteiger partial charge in [-0.05, 0) is 24.3 Å². The van der Waals surface area contributed by atoms with Gasteiger partial charge in [-0.15, -0.1) is 0 Å². The number of rotatable bonds is 3. The van der Waals surface area contributed by atoms with E-state index in [4.69, 9.17) is 28.9 Å². The molecule has 2 aromatic rings. The van der Waals surface area contributed by atoms with E-state index in [-0.39, 0.29) is 0 Å². The van der Waals surface area contributed by atoms with Crippen LogP contribution in [0.4, 0.5) is 11.5 Å². The Hall–Kier alpha value is -1.71. The lowest BCUT2D eigenvalue weighted by Gasteiger charge is -2.10. The van der Waals surface area contributed by atoms with E-state index in [2.05, 4.69) is 16.9 Å². The first kappa shape index (κ1) is 12.7. The standard InChI is InChI=1S/C13H11Cl2N3/c1-8(9-5-12(15)13(16)17-7-9)18-11-4-2-3-10(14)6-11/h2-7,18H,1H2,(H2,16,17). The largest absolute Gasteiger partial charge is 0.382 e. The van der Waals surface area contributed by atoms with Crippen molar-refractivity contribution in [3.05, 3.63) is 58.7 Å². The number of nitrogens with one attached hydrogen (secondary N) is 1. The molecule has 0 amide bonds. The summed E-state index contributed by atoms with van der Waals surface area (Å²) >= 11 is 11.8. The number of halogens is 2. The molecule has 0 aliphatic carbocycles. The van der Waals surface area contributed by atoms with Gasteiger partial charge in [0.15, 0.2) is 0 Å². The molecule has 0 spiro atoms. The predicted molar refractivity (Wildman–Crippen MR) is 77.8 cm³/mol. The van der Waals surface area contributed by atoms with Crippen LogP contribution in [0.25, 0.3) is 5.70 Å². The fourth-order valence-electron chi connectivity index (χ4n) is 1.43. The van der Waals surface area contributed by atoms with Crippen LogP contribution in [0.2, 0.25) is 10.0 Å². The average molecular weight is 280 g/mol. The molecule has 3 N–H and O–H groups in total. The predicted octanol–water partition coefficient (Wildman–Crippen LogP) is 4.05. The number of benzene rings is 1. The summed E-state index contributed by atoms with van der Waals surface area (Å²) < 4.78 is 0. The average Bonchev–Trinajstić information content (AvgIpc) is 2.32. The summed E-state index contributed by atoms with van der Waals surface area (Å²) in [5.74, 6) is 0.302. The second-order valence-corrected chi connectivity index (χ2v) is 4.55. The molecule has 3 nitrogen and oxygen atoms in total. The SMILES string of the molecule is C=C(Nc1cccc(Cl)c1)c1cnc(N)c(Cl)c1. The highest BCUT2D eigenvalue weighted by Crippen LogP contribution is 2.23. The van der Waals surface area contributed by atoms with Crippen LogP contribution >= 0.6 is 23.2 Å². The summed E-state index contributed by atoms with van der Waals surface area (Å²) in [5.41, 5.74) is 7.84. The highest BCUT2D eigenvalue weighted by atomic mass is 35.5. The molecule has 0 saturated heterocycles. The van der Waals surface area contributed by atoms with Crippen molar-refractivity contribution >= 4 is 40.4 Å². The molecular weight excluding hydrogens is 269 g/mol. The van der Waals surface area contributed by atoms with Gasteiger partial charge < -0.3 is 11.1 Å². The zero-order chi connectivity index (χ0) is 13.1. The van der Waals surface area contributed by atoms with Crippen molar-refractivity contribution in [2.45, 2.75) is 0 Å². The molecular formula is C13H11Cl2N3. The van der Waals surface area contributed by atoms with Gasteiger partial charge >= 0.3 is 0 Å². The van der Waals surface area contributed by atoms with E-state index in [0.717, 1.165) is 11.3 Å². The molecule has 0 aliphatic rings. The number of nitrogens with two attached hydrogens (primary N) is 1. The third-order valence-electron chi connectivity index (χ3n) is 2.34. The Labute approximate surface area is 115 Å². The van der Waals surface area contributed by atoms with Gasteiger partial charge in [-0.3, -0.25) is 0 Å². The maximum absolute atomic E-state index is 5.91. The number of hydrogen-bond acceptors (Lipinski definition) is 3. The first-order valence-electron chi connectivity index (χ1n) is 5.19. The van der Waals surface area contributed by atoms with Crippen LogP contribution in [0.1, 0.15) is 5.56 Å². The Morgan fingerprint density at radius 2 is 2.06 bits per heavy atom. The molecule has 5 heteroatoms. The smallest absolute Gasteiger partial charge is 0.142 e. The highest BCUT2D eigenvalue weighted by Gasteiger charge is 2.04. The summed E-state index contributed by atoms with van der Waals surface area (Å²) in [4.78, 5) is 3.98. The summed E-state index contributed by atoms with van der Waals surface area (Å²) in [7, 11) is 0. The lowest BCUT2D eigenvalue weighted by Crippen LogP contribution is -1.99. The van der Waals surface area contributed by atoms with Gasteiger partial charge in [0.05, 0.1) is 5.02 Å². The van der Waals surface area contributed by atoms with E-state index < -0.39 is 0 Å². The lowest BCUT2D eigenvalue weighted by atomic mass is 10.2. The molecule has 1 aromatic carbocycles. The van der Waals surface area contributed by atoms with Gasteiger partial charge in [0.25, 0.3) is 0 Å². The lowest BCUT2D eigenvalue weighted by molar-refractivity contribution is 1.31. The van der Waals surface area contributed by atoms with E-state index in [0.29, 0.717) is 21.6 Å². The van der Waals surface area contributed by atoms with E-state index in [9.17, 15) is 0 Å². The quantitative estimate of drug-likeness (QED) is 0.891. The molecule has 0 atom stereocenters. The first-order valence-corrected chi connectivity index (χ1v) is 5.95. The first-order chi connectivity index (χ1) is 8.56. The van der Waals surface area contributed by atoms with Crippen molar-refractivity contribution in [1.29, 1.82) is 0 Å². The molecule has 1 heterocycles. The third kappa shape index (κ3) is 2.94. The molecule has 0 radical (unpaired) electrons. The summed E-state index contributed by atoms with van der Waals surface area (Å²) in [5, 5.41) is 4.19. The Morgan fingerprint density at radius 3 is 2.72 bits per heavy atom. The minimum atomic E-state index is 0.302. The van der Waals surface area contributed by atoms with Gasteiger partial charge in [-0.25, -0.2) is 4.98 Å². The monoisotopic (exact) mass is 279 g/mol. The van der Waals surface area contributed by atoms with Crippen molar-refractivity contribution < 1.29 is 0 Å². The fourth-order valence-corrected chi connectivity index (χ4v) is 1.78. The Balaban J connectivity index is 2.19. The molecule has 0 unspecified atom stereocenters. The molecule has 0 bridgehead atoms. The minimum absolute atomic E-state index is 0.302. The number of anilines is 2. The summed E-state index contributed by atoms with van der Waals surface area (Å²) in [6, 6.07) is 9.07. The zero-order valence-electron chi connectivity index (χ0n) is 9.45. The van der Waals surface area contributed by atoms with Crippen LogP contribution in [0.3, 0.4) is 0 Å². The summed E-state index contributed by atoms with van der Waals surface area (Å²) in [6.45, 7) is 3.93. The Morgan fingerprint density at radius 1 is 1.28 bits per heavy atom. The topological polar surface area (TPSA) is 50.9 Å². The molecule has 1 aromatic heterocycles. The molecule has 2 rings (SSSR count). The normalized spacial score (nSPS) is 10.1. The fraction of sp³-hybridized carbons (Fsp3) is 0. The minimum Gasteiger partial charge on any atom is -0.382 e. The second kappa shape index (κ2) is 5.29. The van der Waals surface area contributed by atoms with Gasteiger partial charge in [0.2, 0.25) is 0 Å². The molecule has 18 heavy (non-hydrogen) atoms. The van der Waals surface area contributed by atoms with Crippen molar-refractivity contribution in [3.63, 3.8) is 0 Å². The molecule has 0 aliphatic heterocycles.